The van der Waals surface area contributed by atoms with Crippen LogP contribution in [0.15, 0.2) is 28.9 Å². The molecule has 0 bridgehead atoms. The van der Waals surface area contributed by atoms with E-state index in [9.17, 15) is 0 Å². The summed E-state index contributed by atoms with van der Waals surface area (Å²) in [6, 6.07) is 6.57. The van der Waals surface area contributed by atoms with E-state index in [1.807, 2.05) is 14.1 Å². The zero-order valence-electron chi connectivity index (χ0n) is 13.8. The van der Waals surface area contributed by atoms with Crippen LogP contribution in [0, 0.1) is 0 Å². The number of likely N-dealkylation sites (N-methyl/N-ethyl adjacent to an activating group) is 1. The molecule has 0 atom stereocenters. The third-order valence-corrected chi connectivity index (χ3v) is 4.65. The first-order valence-corrected chi connectivity index (χ1v) is 9.03. The second kappa shape index (κ2) is 8.36. The lowest BCUT2D eigenvalue weighted by Crippen LogP contribution is -2.18. The maximum absolute atomic E-state index is 3.59. The van der Waals surface area contributed by atoms with E-state index >= 15 is 0 Å². The van der Waals surface area contributed by atoms with Gasteiger partial charge in [0, 0.05) is 53.3 Å². The Kier molecular flexibility index (Phi) is 6.77. The van der Waals surface area contributed by atoms with Crippen LogP contribution >= 0.6 is 28.1 Å². The van der Waals surface area contributed by atoms with Crippen molar-refractivity contribution in [3.63, 3.8) is 0 Å². The smallest absolute Gasteiger partial charge is 0.0494 e. The molecular weight excluding hydrogens is 360 g/mol. The van der Waals surface area contributed by atoms with Gasteiger partial charge in [-0.05, 0) is 52.3 Å². The zero-order chi connectivity index (χ0) is 16.1. The van der Waals surface area contributed by atoms with Crippen molar-refractivity contribution in [3.8, 4) is 0 Å². The molecule has 122 valence electrons. The van der Waals surface area contributed by atoms with E-state index in [-0.39, 0.29) is 0 Å². The fourth-order valence-corrected chi connectivity index (χ4v) is 3.19. The highest BCUT2D eigenvalue weighted by atomic mass is 79.9. The summed E-state index contributed by atoms with van der Waals surface area (Å²) in [6.07, 6.45) is 3.34. The maximum Gasteiger partial charge on any atom is 0.0494 e. The second-order valence-corrected chi connectivity index (χ2v) is 7.98. The number of aromatic nitrogens is 1. The van der Waals surface area contributed by atoms with Gasteiger partial charge >= 0.3 is 0 Å². The van der Waals surface area contributed by atoms with Crippen molar-refractivity contribution in [2.24, 2.45) is 0 Å². The Hall–Kier alpha value is -0.530. The predicted octanol–water partition coefficient (Wildman–Crippen LogP) is 3.22. The number of halogens is 1. The summed E-state index contributed by atoms with van der Waals surface area (Å²) in [4.78, 5) is 2.22. The molecule has 1 aromatic carbocycles. The van der Waals surface area contributed by atoms with Crippen molar-refractivity contribution in [3.05, 3.63) is 34.4 Å². The van der Waals surface area contributed by atoms with Gasteiger partial charge in [-0.3, -0.25) is 4.72 Å². The average molecular weight is 385 g/mol. The summed E-state index contributed by atoms with van der Waals surface area (Å²) in [7, 11) is 8.32. The topological polar surface area (TPSA) is 23.4 Å². The number of hydrogen-bond donors (Lipinski definition) is 1. The molecule has 4 nitrogen and oxygen atoms in total. The average Bonchev–Trinajstić information content (AvgIpc) is 2.78. The van der Waals surface area contributed by atoms with Crippen molar-refractivity contribution in [2.45, 2.75) is 13.0 Å². The molecule has 0 fully saturated rings. The SMILES string of the molecule is CN(C)CCn1cc(CCNSN(C)C)c2ccc(Br)cc21. The van der Waals surface area contributed by atoms with Crippen LogP contribution in [0.25, 0.3) is 10.9 Å². The highest BCUT2D eigenvalue weighted by Crippen LogP contribution is 2.25. The van der Waals surface area contributed by atoms with Crippen molar-refractivity contribution in [1.29, 1.82) is 0 Å². The van der Waals surface area contributed by atoms with E-state index in [0.29, 0.717) is 0 Å². The Labute approximate surface area is 146 Å². The Morgan fingerprint density at radius 2 is 2.00 bits per heavy atom. The van der Waals surface area contributed by atoms with E-state index < -0.39 is 0 Å². The van der Waals surface area contributed by atoms with E-state index in [1.165, 1.54) is 16.5 Å². The Morgan fingerprint density at radius 1 is 1.23 bits per heavy atom. The van der Waals surface area contributed by atoms with Crippen LogP contribution in [0.1, 0.15) is 5.56 Å². The van der Waals surface area contributed by atoms with Crippen LogP contribution in [0.3, 0.4) is 0 Å². The highest BCUT2D eigenvalue weighted by Gasteiger charge is 2.09. The zero-order valence-corrected chi connectivity index (χ0v) is 16.2. The Balaban J connectivity index is 2.15. The summed E-state index contributed by atoms with van der Waals surface area (Å²) in [5.41, 5.74) is 2.72. The minimum atomic E-state index is 0.964. The fourth-order valence-electron chi connectivity index (χ4n) is 2.39. The van der Waals surface area contributed by atoms with Gasteiger partial charge in [0.2, 0.25) is 0 Å². The van der Waals surface area contributed by atoms with Crippen LogP contribution in [0.2, 0.25) is 0 Å². The number of nitrogens with zero attached hydrogens (tertiary/aromatic N) is 3. The number of nitrogens with one attached hydrogen (secondary N) is 1. The van der Waals surface area contributed by atoms with Crippen molar-refractivity contribution >= 4 is 39.0 Å². The minimum Gasteiger partial charge on any atom is -0.346 e. The van der Waals surface area contributed by atoms with Gasteiger partial charge in [-0.25, -0.2) is 4.31 Å². The molecule has 0 radical (unpaired) electrons. The van der Waals surface area contributed by atoms with E-state index in [0.717, 1.165) is 30.5 Å². The van der Waals surface area contributed by atoms with Crippen molar-refractivity contribution in [2.75, 3.05) is 41.3 Å². The van der Waals surface area contributed by atoms with Crippen molar-refractivity contribution in [1.82, 2.24) is 18.5 Å². The molecule has 0 aliphatic rings. The lowest BCUT2D eigenvalue weighted by atomic mass is 10.1. The Morgan fingerprint density at radius 3 is 2.68 bits per heavy atom. The molecule has 1 heterocycles. The molecule has 0 saturated heterocycles. The molecule has 0 spiro atoms. The van der Waals surface area contributed by atoms with Gasteiger partial charge in [-0.15, -0.1) is 0 Å². The number of fused-ring (bicyclic) bond motifs is 1. The van der Waals surface area contributed by atoms with Gasteiger partial charge in [-0.2, -0.15) is 0 Å². The summed E-state index contributed by atoms with van der Waals surface area (Å²) in [6.45, 7) is 3.02. The first-order chi connectivity index (χ1) is 10.5. The quantitative estimate of drug-likeness (QED) is 0.557. The maximum atomic E-state index is 3.59. The van der Waals surface area contributed by atoms with E-state index in [2.05, 4.69) is 72.9 Å². The van der Waals surface area contributed by atoms with E-state index in [4.69, 9.17) is 0 Å². The molecular formula is C16H25BrN4S. The summed E-state index contributed by atoms with van der Waals surface area (Å²) in [5.74, 6) is 0. The molecule has 22 heavy (non-hydrogen) atoms. The second-order valence-electron chi connectivity index (χ2n) is 5.86. The van der Waals surface area contributed by atoms with Crippen LogP contribution in [0.4, 0.5) is 0 Å². The standard InChI is InChI=1S/C16H25BrN4S/c1-19(2)9-10-21-12-13(7-8-18-22-20(3)4)15-6-5-14(17)11-16(15)21/h5-6,11-12,18H,7-10H2,1-4H3. The molecule has 6 heteroatoms. The third-order valence-electron chi connectivity index (χ3n) is 3.46. The van der Waals surface area contributed by atoms with E-state index in [1.54, 1.807) is 12.1 Å². The minimum absolute atomic E-state index is 0.964. The number of rotatable bonds is 8. The molecule has 1 aromatic heterocycles. The summed E-state index contributed by atoms with van der Waals surface area (Å²) >= 11 is 5.23. The summed E-state index contributed by atoms with van der Waals surface area (Å²) < 4.78 is 8.96. The van der Waals surface area contributed by atoms with Crippen LogP contribution in [-0.2, 0) is 13.0 Å². The molecule has 0 saturated carbocycles. The van der Waals surface area contributed by atoms with Gasteiger partial charge in [0.25, 0.3) is 0 Å². The van der Waals surface area contributed by atoms with Crippen LogP contribution < -0.4 is 4.72 Å². The molecule has 0 aliphatic carbocycles. The molecule has 0 amide bonds. The molecule has 1 N–H and O–H groups in total. The molecule has 0 unspecified atom stereocenters. The van der Waals surface area contributed by atoms with Crippen molar-refractivity contribution < 1.29 is 0 Å². The first-order valence-electron chi connectivity index (χ1n) is 7.46. The van der Waals surface area contributed by atoms with Gasteiger partial charge in [0.15, 0.2) is 0 Å². The van der Waals surface area contributed by atoms with Crippen LogP contribution in [0.5, 0.6) is 0 Å². The van der Waals surface area contributed by atoms with Crippen LogP contribution in [-0.4, -0.2) is 55.1 Å². The third kappa shape index (κ3) is 4.99. The normalized spacial score (nSPS) is 12.0. The highest BCUT2D eigenvalue weighted by molar-refractivity contribution is 9.10. The van der Waals surface area contributed by atoms with Gasteiger partial charge in [0.1, 0.15) is 0 Å². The number of hydrogen-bond acceptors (Lipinski definition) is 4. The fraction of sp³-hybridized carbons (Fsp3) is 0.500. The lowest BCUT2D eigenvalue weighted by Gasteiger charge is -2.11. The van der Waals surface area contributed by atoms with Gasteiger partial charge < -0.3 is 9.47 Å². The van der Waals surface area contributed by atoms with Gasteiger partial charge in [0.05, 0.1) is 0 Å². The van der Waals surface area contributed by atoms with Gasteiger partial charge in [-0.1, -0.05) is 22.0 Å². The first kappa shape index (κ1) is 17.8. The Bertz CT molecular complexity index is 609. The summed E-state index contributed by atoms with van der Waals surface area (Å²) in [5, 5.41) is 1.36. The largest absolute Gasteiger partial charge is 0.346 e. The lowest BCUT2D eigenvalue weighted by molar-refractivity contribution is 0.387. The predicted molar refractivity (Wildman–Crippen MR) is 101 cm³/mol. The monoisotopic (exact) mass is 384 g/mol. The molecule has 2 rings (SSSR count). The molecule has 0 aliphatic heterocycles. The molecule has 2 aromatic rings. The number of benzene rings is 1.